The predicted molar refractivity (Wildman–Crippen MR) is 127 cm³/mol. The van der Waals surface area contributed by atoms with Crippen LogP contribution in [0.15, 0.2) is 61.1 Å². The highest BCUT2D eigenvalue weighted by Crippen LogP contribution is 2.36. The fourth-order valence-corrected chi connectivity index (χ4v) is 4.38. The molecule has 0 saturated carbocycles. The summed E-state index contributed by atoms with van der Waals surface area (Å²) in [5.41, 5.74) is 9.12. The fourth-order valence-electron chi connectivity index (χ4n) is 4.38. The third-order valence-electron chi connectivity index (χ3n) is 5.92. The van der Waals surface area contributed by atoms with Gasteiger partial charge < -0.3 is 16.5 Å². The van der Waals surface area contributed by atoms with Gasteiger partial charge in [-0.15, -0.1) is 0 Å². The summed E-state index contributed by atoms with van der Waals surface area (Å²) >= 11 is 0. The van der Waals surface area contributed by atoms with E-state index in [0.29, 0.717) is 23.7 Å². The lowest BCUT2D eigenvalue weighted by Crippen LogP contribution is -2.26. The average molecular weight is 441 g/mol. The predicted octanol–water partition coefficient (Wildman–Crippen LogP) is 3.41. The van der Waals surface area contributed by atoms with E-state index in [1.54, 1.807) is 36.7 Å². The molecule has 166 valence electrons. The molecule has 1 saturated heterocycles. The Morgan fingerprint density at radius 3 is 2.79 bits per heavy atom. The molecular formula is C24H24N8O. The number of hydrogen-bond acceptors (Lipinski definition) is 7. The van der Waals surface area contributed by atoms with Crippen molar-refractivity contribution in [3.05, 3.63) is 72.4 Å². The number of hydrogen-bond donors (Lipinski definition) is 3. The maximum Gasteiger partial charge on any atom is 0.256 e. The molecule has 1 fully saturated rings. The number of nitrogen functional groups attached to an aromatic ring is 1. The first-order chi connectivity index (χ1) is 16.2. The molecule has 9 heteroatoms. The van der Waals surface area contributed by atoms with E-state index < -0.39 is 0 Å². The third-order valence-corrected chi connectivity index (χ3v) is 5.92. The first kappa shape index (κ1) is 20.8. The lowest BCUT2D eigenvalue weighted by atomic mass is 10.1. The van der Waals surface area contributed by atoms with Crippen molar-refractivity contribution in [3.63, 3.8) is 0 Å². The molecule has 1 amide bonds. The number of amides is 1. The topological polar surface area (TPSA) is 125 Å². The summed E-state index contributed by atoms with van der Waals surface area (Å²) in [5.74, 6) is 1.57. The number of benzene rings is 1. The summed E-state index contributed by atoms with van der Waals surface area (Å²) in [6.07, 6.45) is 8.65. The highest BCUT2D eigenvalue weighted by Gasteiger charge is 2.30. The van der Waals surface area contributed by atoms with Crippen LogP contribution in [0.2, 0.25) is 0 Å². The van der Waals surface area contributed by atoms with E-state index in [2.05, 4.69) is 20.2 Å². The summed E-state index contributed by atoms with van der Waals surface area (Å²) in [7, 11) is 0. The minimum Gasteiger partial charge on any atom is -0.382 e. The molecule has 1 aliphatic rings. The number of carbonyl (C=O) groups is 1. The molecule has 4 heterocycles. The van der Waals surface area contributed by atoms with Gasteiger partial charge in [-0.3, -0.25) is 14.1 Å². The van der Waals surface area contributed by atoms with Gasteiger partial charge in [-0.25, -0.2) is 15.0 Å². The van der Waals surface area contributed by atoms with Gasteiger partial charge in [0.1, 0.15) is 28.7 Å². The van der Waals surface area contributed by atoms with Crippen molar-refractivity contribution < 1.29 is 4.79 Å². The third kappa shape index (κ3) is 3.94. The maximum atomic E-state index is 12.6. The van der Waals surface area contributed by atoms with Crippen LogP contribution in [0, 0.1) is 5.41 Å². The molecule has 9 nitrogen and oxygen atoms in total. The Bertz CT molecular complexity index is 1300. The highest BCUT2D eigenvalue weighted by atomic mass is 16.1. The van der Waals surface area contributed by atoms with Crippen molar-refractivity contribution in [2.24, 2.45) is 0 Å². The molecule has 1 aromatic carbocycles. The Labute approximate surface area is 190 Å². The monoisotopic (exact) mass is 440 g/mol. The highest BCUT2D eigenvalue weighted by molar-refractivity contribution is 6.04. The number of pyridine rings is 1. The number of fused-ring (bicyclic) bond motifs is 1. The summed E-state index contributed by atoms with van der Waals surface area (Å²) < 4.78 is 2.01. The van der Waals surface area contributed by atoms with Gasteiger partial charge in [-0.1, -0.05) is 18.2 Å². The summed E-state index contributed by atoms with van der Waals surface area (Å²) in [4.78, 5) is 28.2. The van der Waals surface area contributed by atoms with E-state index in [1.807, 2.05) is 28.8 Å². The molecule has 1 aliphatic heterocycles. The maximum absolute atomic E-state index is 12.6. The number of nitrogens with two attached hydrogens (primary N) is 1. The molecule has 4 aromatic rings. The van der Waals surface area contributed by atoms with Gasteiger partial charge in [0.05, 0.1) is 6.04 Å². The summed E-state index contributed by atoms with van der Waals surface area (Å²) in [6, 6.07) is 12.7. The summed E-state index contributed by atoms with van der Waals surface area (Å²) in [6.45, 7) is 1.53. The normalized spacial score (nSPS) is 16.2. The standard InChI is InChI=1S/C24H24N8O/c25-10-14-31-13-3-4-18(31)23-30-20(21-22(26)28-12-15-32(21)23)16-6-8-17(9-7-16)24(33)29-19-5-1-2-11-27-19/h1-2,5-12,15,18,25H,3-4,13-14H2,(H2,26,28)(H,27,29,33). The zero-order valence-electron chi connectivity index (χ0n) is 18.0. The second kappa shape index (κ2) is 8.79. The quantitative estimate of drug-likeness (QED) is 0.395. The molecule has 0 radical (unpaired) electrons. The van der Waals surface area contributed by atoms with Crippen LogP contribution in [0.5, 0.6) is 0 Å². The van der Waals surface area contributed by atoms with Crippen LogP contribution < -0.4 is 11.1 Å². The Morgan fingerprint density at radius 2 is 2.03 bits per heavy atom. The first-order valence-corrected chi connectivity index (χ1v) is 10.8. The molecule has 3 aromatic heterocycles. The summed E-state index contributed by atoms with van der Waals surface area (Å²) in [5, 5.41) is 10.3. The molecule has 0 spiro atoms. The number of nitrogens with one attached hydrogen (secondary N) is 2. The molecular weight excluding hydrogens is 416 g/mol. The van der Waals surface area contributed by atoms with Gasteiger partial charge in [-0.05, 0) is 43.7 Å². The Hall–Kier alpha value is -4.11. The van der Waals surface area contributed by atoms with Crippen molar-refractivity contribution in [3.8, 4) is 11.3 Å². The van der Waals surface area contributed by atoms with Gasteiger partial charge >= 0.3 is 0 Å². The Kier molecular flexibility index (Phi) is 5.54. The van der Waals surface area contributed by atoms with E-state index >= 15 is 0 Å². The van der Waals surface area contributed by atoms with Crippen LogP contribution in [0.25, 0.3) is 16.8 Å². The number of imidazole rings is 1. The van der Waals surface area contributed by atoms with Crippen LogP contribution in [0.1, 0.15) is 35.1 Å². The minimum atomic E-state index is -0.231. The van der Waals surface area contributed by atoms with Crippen molar-refractivity contribution >= 4 is 29.3 Å². The zero-order valence-corrected chi connectivity index (χ0v) is 18.0. The lowest BCUT2D eigenvalue weighted by molar-refractivity contribution is 0.102. The van der Waals surface area contributed by atoms with E-state index in [9.17, 15) is 4.79 Å². The van der Waals surface area contributed by atoms with Crippen LogP contribution in [-0.4, -0.2) is 49.5 Å². The SMILES string of the molecule is N=CCN1CCCC1c1nc(-c2ccc(C(=O)Nc3ccccn3)cc2)c2c(N)nccn12. The van der Waals surface area contributed by atoms with Crippen molar-refractivity contribution in [2.45, 2.75) is 18.9 Å². The van der Waals surface area contributed by atoms with Crippen LogP contribution >= 0.6 is 0 Å². The van der Waals surface area contributed by atoms with Crippen molar-refractivity contribution in [1.29, 1.82) is 5.41 Å². The van der Waals surface area contributed by atoms with E-state index in [0.717, 1.165) is 42.0 Å². The van der Waals surface area contributed by atoms with Gasteiger partial charge in [0, 0.05) is 42.5 Å². The number of aromatic nitrogens is 4. The molecule has 1 atom stereocenters. The molecule has 5 rings (SSSR count). The second-order valence-electron chi connectivity index (χ2n) is 7.95. The largest absolute Gasteiger partial charge is 0.382 e. The Balaban J connectivity index is 1.50. The number of carbonyl (C=O) groups excluding carboxylic acids is 1. The van der Waals surface area contributed by atoms with Crippen LogP contribution in [0.3, 0.4) is 0 Å². The van der Waals surface area contributed by atoms with Gasteiger partial charge in [0.2, 0.25) is 0 Å². The molecule has 0 aliphatic carbocycles. The second-order valence-corrected chi connectivity index (χ2v) is 7.95. The fraction of sp³-hybridized carbons (Fsp3) is 0.208. The van der Waals surface area contributed by atoms with Gasteiger partial charge in [0.15, 0.2) is 0 Å². The average Bonchev–Trinajstić information content (AvgIpc) is 3.45. The van der Waals surface area contributed by atoms with Crippen LogP contribution in [0.4, 0.5) is 11.6 Å². The van der Waals surface area contributed by atoms with Crippen LogP contribution in [-0.2, 0) is 0 Å². The molecule has 0 bridgehead atoms. The number of likely N-dealkylation sites (tertiary alicyclic amines) is 1. The molecule has 4 N–H and O–H groups in total. The van der Waals surface area contributed by atoms with E-state index in [1.165, 1.54) is 6.21 Å². The molecule has 1 unspecified atom stereocenters. The minimum absolute atomic E-state index is 0.109. The zero-order chi connectivity index (χ0) is 22.8. The van der Waals surface area contributed by atoms with Crippen molar-refractivity contribution in [2.75, 3.05) is 24.1 Å². The van der Waals surface area contributed by atoms with E-state index in [4.69, 9.17) is 16.1 Å². The van der Waals surface area contributed by atoms with Crippen molar-refractivity contribution in [1.82, 2.24) is 24.3 Å². The Morgan fingerprint density at radius 1 is 1.18 bits per heavy atom. The van der Waals surface area contributed by atoms with Gasteiger partial charge in [0.25, 0.3) is 5.91 Å². The number of rotatable bonds is 6. The first-order valence-electron chi connectivity index (χ1n) is 10.8. The smallest absolute Gasteiger partial charge is 0.256 e. The molecule has 33 heavy (non-hydrogen) atoms. The van der Waals surface area contributed by atoms with E-state index in [-0.39, 0.29) is 11.9 Å². The van der Waals surface area contributed by atoms with Gasteiger partial charge in [-0.2, -0.15) is 0 Å². The number of anilines is 2. The lowest BCUT2D eigenvalue weighted by Gasteiger charge is -2.21. The number of nitrogens with zero attached hydrogens (tertiary/aromatic N) is 5.